The first kappa shape index (κ1) is 13.5. The molecule has 1 N–H and O–H groups in total. The van der Waals surface area contributed by atoms with Crippen molar-refractivity contribution in [2.24, 2.45) is 5.92 Å². The molecule has 0 saturated carbocycles. The van der Waals surface area contributed by atoms with Gasteiger partial charge in [0.1, 0.15) is 0 Å². The fourth-order valence-electron chi connectivity index (χ4n) is 3.60. The van der Waals surface area contributed by atoms with Gasteiger partial charge in [-0.15, -0.1) is 0 Å². The van der Waals surface area contributed by atoms with Gasteiger partial charge in [0.05, 0.1) is 4.92 Å². The molecule has 2 fully saturated rings. The zero-order chi connectivity index (χ0) is 14.1. The summed E-state index contributed by atoms with van der Waals surface area (Å²) >= 11 is 0. The molecule has 2 aliphatic rings. The summed E-state index contributed by atoms with van der Waals surface area (Å²) in [5, 5.41) is 14.7. The summed E-state index contributed by atoms with van der Waals surface area (Å²) in [6, 6.07) is 7.78. The molecule has 108 valence electrons. The number of benzene rings is 1. The number of nitro groups is 1. The Hall–Kier alpha value is -1.46. The summed E-state index contributed by atoms with van der Waals surface area (Å²) in [5.41, 5.74) is 1.07. The van der Waals surface area contributed by atoms with Gasteiger partial charge in [-0.05, 0) is 32.2 Å². The van der Waals surface area contributed by atoms with Gasteiger partial charge in [-0.2, -0.15) is 0 Å². The van der Waals surface area contributed by atoms with Crippen molar-refractivity contribution in [3.8, 4) is 0 Å². The minimum Gasteiger partial charge on any atom is -0.312 e. The lowest BCUT2D eigenvalue weighted by Gasteiger charge is -2.25. The van der Waals surface area contributed by atoms with Crippen molar-refractivity contribution in [1.82, 2.24) is 10.2 Å². The van der Waals surface area contributed by atoms with Crippen molar-refractivity contribution >= 4 is 5.69 Å². The van der Waals surface area contributed by atoms with Gasteiger partial charge in [0.15, 0.2) is 0 Å². The van der Waals surface area contributed by atoms with Gasteiger partial charge >= 0.3 is 0 Å². The van der Waals surface area contributed by atoms with E-state index in [1.54, 1.807) is 12.1 Å². The summed E-state index contributed by atoms with van der Waals surface area (Å²) in [6.45, 7) is 5.23. The van der Waals surface area contributed by atoms with Crippen molar-refractivity contribution in [2.75, 3.05) is 19.6 Å². The van der Waals surface area contributed by atoms with Gasteiger partial charge in [-0.25, -0.2) is 0 Å². The van der Waals surface area contributed by atoms with E-state index < -0.39 is 0 Å². The highest BCUT2D eigenvalue weighted by Gasteiger charge is 2.37. The Bertz CT molecular complexity index is 492. The summed E-state index contributed by atoms with van der Waals surface area (Å²) in [7, 11) is 0. The van der Waals surface area contributed by atoms with E-state index in [-0.39, 0.29) is 16.7 Å². The third kappa shape index (κ3) is 2.43. The van der Waals surface area contributed by atoms with Gasteiger partial charge in [0.25, 0.3) is 5.69 Å². The lowest BCUT2D eigenvalue weighted by atomic mass is 9.94. The van der Waals surface area contributed by atoms with E-state index in [4.69, 9.17) is 0 Å². The monoisotopic (exact) mass is 275 g/mol. The SMILES string of the molecule is CC(c1ccccc1[N+](=O)[O-])N1CC2CCCNC2C1. The number of nitrogens with one attached hydrogen (secondary N) is 1. The molecule has 2 heterocycles. The summed E-state index contributed by atoms with van der Waals surface area (Å²) in [6.07, 6.45) is 2.52. The van der Waals surface area contributed by atoms with E-state index in [1.807, 2.05) is 12.1 Å². The number of piperidine rings is 1. The van der Waals surface area contributed by atoms with Crippen molar-refractivity contribution in [3.05, 3.63) is 39.9 Å². The van der Waals surface area contributed by atoms with Gasteiger partial charge in [-0.1, -0.05) is 18.2 Å². The lowest BCUT2D eigenvalue weighted by Crippen LogP contribution is -2.40. The van der Waals surface area contributed by atoms with Gasteiger partial charge in [0, 0.05) is 36.8 Å². The number of nitro benzene ring substituents is 1. The quantitative estimate of drug-likeness (QED) is 0.679. The molecule has 0 spiro atoms. The average molecular weight is 275 g/mol. The Morgan fingerprint density at radius 3 is 2.95 bits per heavy atom. The molecule has 5 heteroatoms. The van der Waals surface area contributed by atoms with Crippen molar-refractivity contribution in [2.45, 2.75) is 31.8 Å². The number of fused-ring (bicyclic) bond motifs is 1. The molecule has 0 aromatic heterocycles. The maximum atomic E-state index is 11.2. The van der Waals surface area contributed by atoms with Crippen LogP contribution in [-0.4, -0.2) is 35.5 Å². The second-order valence-electron chi connectivity index (χ2n) is 5.91. The minimum absolute atomic E-state index is 0.101. The van der Waals surface area contributed by atoms with Crippen LogP contribution < -0.4 is 5.32 Å². The van der Waals surface area contributed by atoms with E-state index in [1.165, 1.54) is 12.8 Å². The third-order valence-corrected chi connectivity index (χ3v) is 4.76. The van der Waals surface area contributed by atoms with Crippen LogP contribution in [0.15, 0.2) is 24.3 Å². The lowest BCUT2D eigenvalue weighted by molar-refractivity contribution is -0.386. The zero-order valence-corrected chi connectivity index (χ0v) is 11.8. The predicted octanol–water partition coefficient (Wildman–Crippen LogP) is 2.34. The molecular weight excluding hydrogens is 254 g/mol. The molecule has 0 aliphatic carbocycles. The van der Waals surface area contributed by atoms with E-state index in [0.29, 0.717) is 12.0 Å². The highest BCUT2D eigenvalue weighted by molar-refractivity contribution is 5.41. The molecule has 1 aromatic rings. The van der Waals surface area contributed by atoms with Gasteiger partial charge in [0.2, 0.25) is 0 Å². The number of rotatable bonds is 3. The number of hydrogen-bond donors (Lipinski definition) is 1. The Morgan fingerprint density at radius 2 is 2.20 bits per heavy atom. The van der Waals surface area contributed by atoms with Crippen LogP contribution in [-0.2, 0) is 0 Å². The first-order valence-corrected chi connectivity index (χ1v) is 7.37. The largest absolute Gasteiger partial charge is 0.312 e. The van der Waals surface area contributed by atoms with E-state index >= 15 is 0 Å². The Labute approximate surface area is 119 Å². The molecule has 3 atom stereocenters. The van der Waals surface area contributed by atoms with Crippen LogP contribution in [0.5, 0.6) is 0 Å². The van der Waals surface area contributed by atoms with Crippen molar-refractivity contribution < 1.29 is 4.92 Å². The third-order valence-electron chi connectivity index (χ3n) is 4.76. The molecule has 3 unspecified atom stereocenters. The van der Waals surface area contributed by atoms with Crippen LogP contribution in [0.2, 0.25) is 0 Å². The topological polar surface area (TPSA) is 58.4 Å². The van der Waals surface area contributed by atoms with Crippen LogP contribution in [0.4, 0.5) is 5.69 Å². The number of likely N-dealkylation sites (tertiary alicyclic amines) is 1. The van der Waals surface area contributed by atoms with Crippen LogP contribution in [0, 0.1) is 16.0 Å². The molecular formula is C15H21N3O2. The molecule has 2 saturated heterocycles. The number of hydrogen-bond acceptors (Lipinski definition) is 4. The molecule has 1 aromatic carbocycles. The van der Waals surface area contributed by atoms with E-state index in [0.717, 1.165) is 25.2 Å². The summed E-state index contributed by atoms with van der Waals surface area (Å²) < 4.78 is 0. The van der Waals surface area contributed by atoms with E-state index in [9.17, 15) is 10.1 Å². The van der Waals surface area contributed by atoms with Crippen molar-refractivity contribution in [1.29, 1.82) is 0 Å². The van der Waals surface area contributed by atoms with Crippen LogP contribution in [0.1, 0.15) is 31.4 Å². The Balaban J connectivity index is 1.79. The fraction of sp³-hybridized carbons (Fsp3) is 0.600. The van der Waals surface area contributed by atoms with Gasteiger partial charge in [-0.3, -0.25) is 15.0 Å². The molecule has 20 heavy (non-hydrogen) atoms. The molecule has 0 bridgehead atoms. The molecule has 5 nitrogen and oxygen atoms in total. The van der Waals surface area contributed by atoms with Crippen LogP contribution in [0.3, 0.4) is 0 Å². The summed E-state index contributed by atoms with van der Waals surface area (Å²) in [4.78, 5) is 13.3. The summed E-state index contributed by atoms with van der Waals surface area (Å²) in [5.74, 6) is 0.703. The molecule has 3 rings (SSSR count). The molecule has 2 aliphatic heterocycles. The predicted molar refractivity (Wildman–Crippen MR) is 77.6 cm³/mol. The highest BCUT2D eigenvalue weighted by atomic mass is 16.6. The minimum atomic E-state index is -0.271. The molecule has 0 amide bonds. The second-order valence-corrected chi connectivity index (χ2v) is 5.91. The van der Waals surface area contributed by atoms with Crippen molar-refractivity contribution in [3.63, 3.8) is 0 Å². The maximum absolute atomic E-state index is 11.2. The number of nitrogens with zero attached hydrogens (tertiary/aromatic N) is 2. The smallest absolute Gasteiger partial charge is 0.274 e. The van der Waals surface area contributed by atoms with Crippen LogP contribution >= 0.6 is 0 Å². The molecule has 0 radical (unpaired) electrons. The number of para-hydroxylation sites is 1. The van der Waals surface area contributed by atoms with Crippen LogP contribution in [0.25, 0.3) is 0 Å². The zero-order valence-electron chi connectivity index (χ0n) is 11.8. The van der Waals surface area contributed by atoms with Gasteiger partial charge < -0.3 is 5.32 Å². The Morgan fingerprint density at radius 1 is 1.40 bits per heavy atom. The first-order chi connectivity index (χ1) is 9.66. The fourth-order valence-corrected chi connectivity index (χ4v) is 3.60. The second kappa shape index (κ2) is 5.50. The Kier molecular flexibility index (Phi) is 3.72. The highest BCUT2D eigenvalue weighted by Crippen LogP contribution is 2.34. The normalized spacial score (nSPS) is 28.1. The first-order valence-electron chi connectivity index (χ1n) is 7.37. The maximum Gasteiger partial charge on any atom is 0.274 e. The average Bonchev–Trinajstić information content (AvgIpc) is 2.90. The standard InChI is InChI=1S/C15H21N3O2/c1-11(13-6-2-3-7-15(13)18(19)20)17-9-12-5-4-8-16-14(12)10-17/h2-3,6-7,11-12,14,16H,4-5,8-10H2,1H3. The van der Waals surface area contributed by atoms with E-state index in [2.05, 4.69) is 17.1 Å².